The molecule has 2 atom stereocenters. The lowest BCUT2D eigenvalue weighted by Crippen LogP contribution is -2.45. The summed E-state index contributed by atoms with van der Waals surface area (Å²) in [4.78, 5) is 32.9. The molecule has 0 radical (unpaired) electrons. The van der Waals surface area contributed by atoms with E-state index in [2.05, 4.69) is 9.80 Å². The van der Waals surface area contributed by atoms with Gasteiger partial charge >= 0.3 is 6.03 Å². The van der Waals surface area contributed by atoms with E-state index >= 15 is 0 Å². The number of benzene rings is 3. The number of carbonyl (C=O) groups excluding carboxylic acids is 2. The van der Waals surface area contributed by atoms with Gasteiger partial charge in [-0.05, 0) is 73.0 Å². The third kappa shape index (κ3) is 4.65. The van der Waals surface area contributed by atoms with Gasteiger partial charge in [0.05, 0.1) is 6.54 Å². The molecular weight excluding hydrogens is 486 g/mol. The van der Waals surface area contributed by atoms with E-state index in [0.717, 1.165) is 55.0 Å². The summed E-state index contributed by atoms with van der Waals surface area (Å²) in [7, 11) is 0. The second-order valence-corrected chi connectivity index (χ2v) is 10.3. The maximum Gasteiger partial charge on any atom is 0.327 e. The van der Waals surface area contributed by atoms with E-state index in [-0.39, 0.29) is 42.1 Å². The molecule has 3 aromatic carbocycles. The SMILES string of the molecule is O=C1CN(CCCN2CC[C@@H]3[C@@H](C2)c2cc(F)ccc2N3c2ccc(F)cc2)C(=O)N1Cc1ccccc1. The van der Waals surface area contributed by atoms with Crippen LogP contribution in [0.25, 0.3) is 0 Å². The maximum absolute atomic E-state index is 14.3. The zero-order chi connectivity index (χ0) is 26.2. The van der Waals surface area contributed by atoms with Crippen molar-refractivity contribution in [3.8, 4) is 0 Å². The summed E-state index contributed by atoms with van der Waals surface area (Å²) in [6, 6.07) is 20.9. The predicted molar refractivity (Wildman–Crippen MR) is 141 cm³/mol. The van der Waals surface area contributed by atoms with Crippen LogP contribution in [0.4, 0.5) is 25.0 Å². The fourth-order valence-electron chi connectivity index (χ4n) is 6.15. The van der Waals surface area contributed by atoms with Crippen LogP contribution in [-0.2, 0) is 11.3 Å². The molecular formula is C30H30F2N4O2. The summed E-state index contributed by atoms with van der Waals surface area (Å²) in [6.45, 7) is 3.39. The Bertz CT molecular complexity index is 1330. The minimum Gasteiger partial charge on any atom is -0.337 e. The van der Waals surface area contributed by atoms with Crippen molar-refractivity contribution in [1.82, 2.24) is 14.7 Å². The van der Waals surface area contributed by atoms with E-state index in [1.165, 1.54) is 23.1 Å². The molecule has 38 heavy (non-hydrogen) atoms. The van der Waals surface area contributed by atoms with E-state index < -0.39 is 0 Å². The fourth-order valence-corrected chi connectivity index (χ4v) is 6.15. The number of piperidine rings is 1. The van der Waals surface area contributed by atoms with Crippen LogP contribution in [0.3, 0.4) is 0 Å². The molecule has 0 unspecified atom stereocenters. The van der Waals surface area contributed by atoms with Crippen LogP contribution >= 0.6 is 0 Å². The molecule has 0 aliphatic carbocycles. The van der Waals surface area contributed by atoms with E-state index in [4.69, 9.17) is 0 Å². The summed E-state index contributed by atoms with van der Waals surface area (Å²) in [6.07, 6.45) is 1.65. The molecule has 2 fully saturated rings. The number of imide groups is 1. The van der Waals surface area contributed by atoms with Crippen molar-refractivity contribution in [1.29, 1.82) is 0 Å². The summed E-state index contributed by atoms with van der Waals surface area (Å²) in [5.74, 6) is -0.557. The van der Waals surface area contributed by atoms with Crippen LogP contribution < -0.4 is 4.90 Å². The number of hydrogen-bond donors (Lipinski definition) is 0. The molecule has 3 aliphatic heterocycles. The van der Waals surface area contributed by atoms with Gasteiger partial charge in [-0.15, -0.1) is 0 Å². The Morgan fingerprint density at radius 3 is 2.42 bits per heavy atom. The molecule has 3 amide bonds. The Morgan fingerprint density at radius 2 is 1.63 bits per heavy atom. The predicted octanol–water partition coefficient (Wildman–Crippen LogP) is 5.13. The Morgan fingerprint density at radius 1 is 0.868 bits per heavy atom. The summed E-state index contributed by atoms with van der Waals surface area (Å²) in [5, 5.41) is 0. The van der Waals surface area contributed by atoms with Gasteiger partial charge in [-0.1, -0.05) is 30.3 Å². The molecule has 196 valence electrons. The highest BCUT2D eigenvalue weighted by Gasteiger charge is 2.43. The van der Waals surface area contributed by atoms with Gasteiger partial charge in [0.1, 0.15) is 18.2 Å². The Labute approximate surface area is 221 Å². The first kappa shape index (κ1) is 24.6. The molecule has 2 saturated heterocycles. The number of halogens is 2. The lowest BCUT2D eigenvalue weighted by atomic mass is 9.89. The third-order valence-electron chi connectivity index (χ3n) is 7.96. The molecule has 6 nitrogen and oxygen atoms in total. The number of likely N-dealkylation sites (tertiary alicyclic amines) is 1. The second-order valence-electron chi connectivity index (χ2n) is 10.3. The van der Waals surface area contributed by atoms with E-state index in [0.29, 0.717) is 13.1 Å². The van der Waals surface area contributed by atoms with Crippen LogP contribution in [0.2, 0.25) is 0 Å². The monoisotopic (exact) mass is 516 g/mol. The Hall–Kier alpha value is -3.78. The molecule has 0 saturated carbocycles. The van der Waals surface area contributed by atoms with Gasteiger partial charge in [0.25, 0.3) is 5.91 Å². The summed E-state index contributed by atoms with van der Waals surface area (Å²) < 4.78 is 27.8. The first-order valence-electron chi connectivity index (χ1n) is 13.2. The summed E-state index contributed by atoms with van der Waals surface area (Å²) in [5.41, 5.74) is 3.81. The van der Waals surface area contributed by atoms with Gasteiger partial charge in [0, 0.05) is 43.0 Å². The lowest BCUT2D eigenvalue weighted by Gasteiger charge is -2.39. The molecule has 0 bridgehead atoms. The third-order valence-corrected chi connectivity index (χ3v) is 7.96. The average molecular weight is 517 g/mol. The Balaban J connectivity index is 1.09. The van der Waals surface area contributed by atoms with Crippen LogP contribution in [0.15, 0.2) is 72.8 Å². The van der Waals surface area contributed by atoms with Crippen molar-refractivity contribution in [2.75, 3.05) is 37.6 Å². The zero-order valence-electron chi connectivity index (χ0n) is 21.1. The van der Waals surface area contributed by atoms with Crippen molar-refractivity contribution in [3.05, 3.63) is 95.6 Å². The van der Waals surface area contributed by atoms with Crippen LogP contribution in [0.1, 0.15) is 29.9 Å². The topological polar surface area (TPSA) is 47.1 Å². The molecule has 0 spiro atoms. The highest BCUT2D eigenvalue weighted by molar-refractivity contribution is 6.01. The minimum absolute atomic E-state index is 0.121. The first-order valence-corrected chi connectivity index (χ1v) is 13.2. The van der Waals surface area contributed by atoms with Crippen molar-refractivity contribution in [3.63, 3.8) is 0 Å². The van der Waals surface area contributed by atoms with E-state index in [9.17, 15) is 18.4 Å². The largest absolute Gasteiger partial charge is 0.337 e. The normalized spacial score (nSPS) is 21.3. The molecule has 6 rings (SSSR count). The first-order chi connectivity index (χ1) is 18.5. The molecule has 0 aromatic heterocycles. The number of anilines is 2. The van der Waals surface area contributed by atoms with Crippen molar-refractivity contribution in [2.45, 2.75) is 31.3 Å². The molecule has 8 heteroatoms. The fraction of sp³-hybridized carbons (Fsp3) is 0.333. The average Bonchev–Trinajstić information content (AvgIpc) is 3.38. The number of fused-ring (bicyclic) bond motifs is 3. The minimum atomic E-state index is -0.278. The number of urea groups is 1. The van der Waals surface area contributed by atoms with E-state index in [1.54, 1.807) is 23.1 Å². The van der Waals surface area contributed by atoms with Crippen LogP contribution in [0.5, 0.6) is 0 Å². The summed E-state index contributed by atoms with van der Waals surface area (Å²) >= 11 is 0. The molecule has 3 aromatic rings. The maximum atomic E-state index is 14.3. The van der Waals surface area contributed by atoms with Crippen LogP contribution in [-0.4, -0.2) is 65.4 Å². The van der Waals surface area contributed by atoms with E-state index in [1.807, 2.05) is 36.4 Å². The van der Waals surface area contributed by atoms with Gasteiger partial charge in [-0.2, -0.15) is 0 Å². The van der Waals surface area contributed by atoms with Crippen LogP contribution in [0, 0.1) is 11.6 Å². The number of amides is 3. The number of carbonyl (C=O) groups is 2. The quantitative estimate of drug-likeness (QED) is 0.409. The number of rotatable bonds is 7. The van der Waals surface area contributed by atoms with Gasteiger partial charge in [-0.3, -0.25) is 9.69 Å². The Kier molecular flexibility index (Phi) is 6.57. The highest BCUT2D eigenvalue weighted by atomic mass is 19.1. The number of hydrogen-bond acceptors (Lipinski definition) is 4. The van der Waals surface area contributed by atoms with Gasteiger partial charge in [0.2, 0.25) is 0 Å². The molecule has 0 N–H and O–H groups in total. The van der Waals surface area contributed by atoms with Gasteiger partial charge in [-0.25, -0.2) is 13.6 Å². The molecule has 3 heterocycles. The number of nitrogens with zero attached hydrogens (tertiary/aromatic N) is 4. The highest BCUT2D eigenvalue weighted by Crippen LogP contribution is 2.48. The smallest absolute Gasteiger partial charge is 0.327 e. The standard InChI is InChI=1S/C30H30F2N4O2/c31-22-7-10-24(11-8-22)36-27-12-9-23(32)17-25(27)26-19-33(16-13-28(26)36)14-4-15-34-20-29(37)35(30(34)38)18-21-5-2-1-3-6-21/h1-3,5-12,17,26,28H,4,13-16,18-20H2/t26-,28+/m0/s1. The van der Waals surface area contributed by atoms with Gasteiger partial charge < -0.3 is 14.7 Å². The molecule has 3 aliphatic rings. The second kappa shape index (κ2) is 10.2. The van der Waals surface area contributed by atoms with Crippen molar-refractivity contribution < 1.29 is 18.4 Å². The van der Waals surface area contributed by atoms with Gasteiger partial charge in [0.15, 0.2) is 0 Å². The van der Waals surface area contributed by atoms with Crippen molar-refractivity contribution in [2.24, 2.45) is 0 Å². The zero-order valence-corrected chi connectivity index (χ0v) is 21.1. The lowest BCUT2D eigenvalue weighted by molar-refractivity contribution is -0.125. The van der Waals surface area contributed by atoms with Crippen molar-refractivity contribution >= 4 is 23.3 Å².